The summed E-state index contributed by atoms with van der Waals surface area (Å²) in [6.07, 6.45) is 1.13. The quantitative estimate of drug-likeness (QED) is 0.332. The smallest absolute Gasteiger partial charge is 0.271 e. The van der Waals surface area contributed by atoms with Crippen LogP contribution < -0.4 is 13.8 Å². The molecule has 256 valence electrons. The van der Waals surface area contributed by atoms with Gasteiger partial charge in [0, 0.05) is 69.5 Å². The molecule has 0 aliphatic carbocycles. The third kappa shape index (κ3) is 5.73. The highest BCUT2D eigenvalue weighted by Gasteiger charge is 2.63. The number of ether oxygens (including phenoxy) is 2. The van der Waals surface area contributed by atoms with E-state index in [0.717, 1.165) is 36.0 Å². The summed E-state index contributed by atoms with van der Waals surface area (Å²) in [6, 6.07) is 15.7. The van der Waals surface area contributed by atoms with Crippen molar-refractivity contribution in [3.8, 4) is 11.5 Å². The first-order valence-electron chi connectivity index (χ1n) is 16.0. The molecule has 3 aliphatic rings. The van der Waals surface area contributed by atoms with Gasteiger partial charge in [0.05, 0.1) is 30.8 Å². The lowest BCUT2D eigenvalue weighted by molar-refractivity contribution is -0.138. The maximum Gasteiger partial charge on any atom is 0.271 e. The molecule has 3 aromatic carbocycles. The third-order valence-electron chi connectivity index (χ3n) is 9.73. The Kier molecular flexibility index (Phi) is 9.49. The Bertz CT molecular complexity index is 1810. The Morgan fingerprint density at radius 1 is 0.938 bits per heavy atom. The SMILES string of the molecule is COc1ccc(S(=O)(=O)N2C(=O)[C@](c3ccc(CN4CCN(C)CC4)cc3OC)(N3CCCC3C(=O)N(C)C)c3cc(Cl)ccc32)cc1. The molecule has 3 aliphatic heterocycles. The van der Waals surface area contributed by atoms with Crippen LogP contribution in [0.1, 0.15) is 29.5 Å². The van der Waals surface area contributed by atoms with E-state index < -0.39 is 27.5 Å². The Morgan fingerprint density at radius 3 is 2.29 bits per heavy atom. The number of carbonyl (C=O) groups is 2. The number of likely N-dealkylation sites (tertiary alicyclic amines) is 1. The molecule has 0 saturated carbocycles. The average molecular weight is 696 g/mol. The first-order chi connectivity index (χ1) is 22.9. The number of benzene rings is 3. The summed E-state index contributed by atoms with van der Waals surface area (Å²) in [4.78, 5) is 37.1. The highest BCUT2D eigenvalue weighted by Crippen LogP contribution is 2.55. The predicted molar refractivity (Wildman–Crippen MR) is 184 cm³/mol. The number of likely N-dealkylation sites (N-methyl/N-ethyl adjacent to an activating group) is 2. The van der Waals surface area contributed by atoms with Crippen molar-refractivity contribution in [2.45, 2.75) is 35.9 Å². The predicted octanol–water partition coefficient (Wildman–Crippen LogP) is 3.64. The summed E-state index contributed by atoms with van der Waals surface area (Å²) in [7, 11) is 4.07. The normalized spacial score (nSPS) is 22.2. The monoisotopic (exact) mass is 695 g/mol. The van der Waals surface area contributed by atoms with Crippen LogP contribution in [-0.2, 0) is 31.7 Å². The van der Waals surface area contributed by atoms with E-state index in [-0.39, 0.29) is 16.5 Å². The second-order valence-electron chi connectivity index (χ2n) is 12.8. The van der Waals surface area contributed by atoms with E-state index in [2.05, 4.69) is 16.8 Å². The topological polar surface area (TPSA) is 103 Å². The van der Waals surface area contributed by atoms with Crippen LogP contribution in [0.25, 0.3) is 0 Å². The Balaban J connectivity index is 1.57. The van der Waals surface area contributed by atoms with Crippen LogP contribution in [0.5, 0.6) is 11.5 Å². The van der Waals surface area contributed by atoms with Gasteiger partial charge < -0.3 is 19.3 Å². The van der Waals surface area contributed by atoms with Crippen LogP contribution in [-0.4, -0.2) is 114 Å². The molecule has 13 heteroatoms. The summed E-state index contributed by atoms with van der Waals surface area (Å²) in [5.41, 5.74) is 0.251. The number of methoxy groups -OCH3 is 2. The molecule has 0 aromatic heterocycles. The fourth-order valence-electron chi connectivity index (χ4n) is 7.25. The molecule has 0 bridgehead atoms. The van der Waals surface area contributed by atoms with E-state index in [1.807, 2.05) is 23.1 Å². The number of hydrogen-bond donors (Lipinski definition) is 0. The molecule has 1 unspecified atom stereocenters. The molecule has 11 nitrogen and oxygen atoms in total. The van der Waals surface area contributed by atoms with Gasteiger partial charge in [-0.3, -0.25) is 19.4 Å². The molecule has 48 heavy (non-hydrogen) atoms. The van der Waals surface area contributed by atoms with Gasteiger partial charge in [-0.25, -0.2) is 12.7 Å². The molecular formula is C35H42ClN5O6S. The van der Waals surface area contributed by atoms with Crippen molar-refractivity contribution in [1.82, 2.24) is 19.6 Å². The summed E-state index contributed by atoms with van der Waals surface area (Å²) in [5.74, 6) is 0.00353. The molecule has 0 radical (unpaired) electrons. The minimum absolute atomic E-state index is 0.0785. The lowest BCUT2D eigenvalue weighted by Gasteiger charge is -2.42. The molecule has 0 spiro atoms. The molecule has 3 heterocycles. The number of anilines is 1. The van der Waals surface area contributed by atoms with Gasteiger partial charge in [0.2, 0.25) is 5.91 Å². The van der Waals surface area contributed by atoms with Gasteiger partial charge in [0.25, 0.3) is 15.9 Å². The molecule has 2 fully saturated rings. The zero-order valence-corrected chi connectivity index (χ0v) is 29.6. The number of carbonyl (C=O) groups excluding carboxylic acids is 2. The van der Waals surface area contributed by atoms with Gasteiger partial charge in [0.1, 0.15) is 11.5 Å². The lowest BCUT2D eigenvalue weighted by atomic mass is 9.80. The minimum Gasteiger partial charge on any atom is -0.497 e. The average Bonchev–Trinajstić information content (AvgIpc) is 3.66. The van der Waals surface area contributed by atoms with Crippen LogP contribution in [0.15, 0.2) is 65.6 Å². The van der Waals surface area contributed by atoms with Crippen molar-refractivity contribution in [3.05, 3.63) is 82.4 Å². The summed E-state index contributed by atoms with van der Waals surface area (Å²) in [5, 5.41) is 0.329. The zero-order valence-electron chi connectivity index (χ0n) is 28.0. The van der Waals surface area contributed by atoms with Gasteiger partial charge in [-0.05, 0) is 74.0 Å². The molecule has 2 saturated heterocycles. The van der Waals surface area contributed by atoms with E-state index >= 15 is 4.79 Å². The number of sulfonamides is 1. The van der Waals surface area contributed by atoms with Crippen LogP contribution in [0.4, 0.5) is 5.69 Å². The first kappa shape index (κ1) is 34.2. The Hall–Kier alpha value is -3.68. The second kappa shape index (κ2) is 13.3. The van der Waals surface area contributed by atoms with Gasteiger partial charge >= 0.3 is 0 Å². The summed E-state index contributed by atoms with van der Waals surface area (Å²) < 4.78 is 41.2. The van der Waals surface area contributed by atoms with Crippen molar-refractivity contribution in [2.24, 2.45) is 0 Å². The number of hydrogen-bond acceptors (Lipinski definition) is 9. The number of amides is 2. The summed E-state index contributed by atoms with van der Waals surface area (Å²) in [6.45, 7) is 4.85. The molecule has 6 rings (SSSR count). The molecule has 3 aromatic rings. The maximum absolute atomic E-state index is 15.4. The number of piperazine rings is 1. The fourth-order valence-corrected chi connectivity index (χ4v) is 8.88. The van der Waals surface area contributed by atoms with E-state index in [4.69, 9.17) is 21.1 Å². The van der Waals surface area contributed by atoms with E-state index in [0.29, 0.717) is 53.6 Å². The Morgan fingerprint density at radius 2 is 1.65 bits per heavy atom. The van der Waals surface area contributed by atoms with Crippen molar-refractivity contribution in [3.63, 3.8) is 0 Å². The number of rotatable bonds is 9. The van der Waals surface area contributed by atoms with Gasteiger partial charge in [-0.1, -0.05) is 23.7 Å². The van der Waals surface area contributed by atoms with Crippen molar-refractivity contribution < 1.29 is 27.5 Å². The zero-order chi connectivity index (χ0) is 34.4. The van der Waals surface area contributed by atoms with Gasteiger partial charge in [0.15, 0.2) is 5.54 Å². The van der Waals surface area contributed by atoms with Crippen molar-refractivity contribution in [1.29, 1.82) is 0 Å². The lowest BCUT2D eigenvalue weighted by Crippen LogP contribution is -2.59. The Labute approximate surface area is 287 Å². The largest absolute Gasteiger partial charge is 0.497 e. The van der Waals surface area contributed by atoms with Crippen LogP contribution in [0.3, 0.4) is 0 Å². The third-order valence-corrected chi connectivity index (χ3v) is 11.7. The van der Waals surface area contributed by atoms with E-state index in [9.17, 15) is 13.2 Å². The molecule has 2 amide bonds. The van der Waals surface area contributed by atoms with Gasteiger partial charge in [-0.2, -0.15) is 0 Å². The maximum atomic E-state index is 15.4. The van der Waals surface area contributed by atoms with Crippen LogP contribution in [0, 0.1) is 0 Å². The van der Waals surface area contributed by atoms with Crippen molar-refractivity contribution >= 4 is 39.1 Å². The first-order valence-corrected chi connectivity index (χ1v) is 17.8. The highest BCUT2D eigenvalue weighted by atomic mass is 35.5. The number of fused-ring (bicyclic) bond motifs is 1. The van der Waals surface area contributed by atoms with Crippen LogP contribution in [0.2, 0.25) is 5.02 Å². The van der Waals surface area contributed by atoms with Crippen molar-refractivity contribution in [2.75, 3.05) is 72.4 Å². The fraction of sp³-hybridized carbons (Fsp3) is 0.429. The van der Waals surface area contributed by atoms with Gasteiger partial charge in [-0.15, -0.1) is 0 Å². The highest BCUT2D eigenvalue weighted by molar-refractivity contribution is 7.93. The van der Waals surface area contributed by atoms with E-state index in [1.165, 1.54) is 36.3 Å². The standard InChI is InChI=1S/C35H42ClN5O6S/c1-37(2)33(42)31-7-6-16-40(31)35(28-14-8-24(21-32(28)47-5)23-39-19-17-38(3)18-20-39)29-22-25(36)9-15-30(29)41(34(35)43)48(44,45)27-12-10-26(46-4)11-13-27/h8-15,21-22,31H,6-7,16-20,23H2,1-5H3/t31?,35-/m1/s1. The van der Waals surface area contributed by atoms with Crippen LogP contribution >= 0.6 is 11.6 Å². The second-order valence-corrected chi connectivity index (χ2v) is 15.0. The molecular weight excluding hydrogens is 654 g/mol. The number of halogens is 1. The minimum atomic E-state index is -4.44. The summed E-state index contributed by atoms with van der Waals surface area (Å²) >= 11 is 6.64. The van der Waals surface area contributed by atoms with E-state index in [1.54, 1.807) is 39.4 Å². The number of nitrogens with zero attached hydrogens (tertiary/aromatic N) is 5. The molecule has 0 N–H and O–H groups in total. The molecule has 2 atom stereocenters.